The molecule has 1 fully saturated rings. The molecule has 1 aliphatic heterocycles. The predicted octanol–water partition coefficient (Wildman–Crippen LogP) is 3.80. The number of aryl methyl sites for hydroxylation is 2. The molecule has 1 amide bonds. The van der Waals surface area contributed by atoms with Crippen molar-refractivity contribution >= 4 is 11.7 Å². The summed E-state index contributed by atoms with van der Waals surface area (Å²) >= 11 is 0. The van der Waals surface area contributed by atoms with Crippen molar-refractivity contribution in [3.8, 4) is 11.5 Å². The van der Waals surface area contributed by atoms with Gasteiger partial charge < -0.3 is 19.3 Å². The summed E-state index contributed by atoms with van der Waals surface area (Å²) < 4.78 is 24.0. The molecule has 0 aliphatic carbocycles. The van der Waals surface area contributed by atoms with Gasteiger partial charge in [0.15, 0.2) is 0 Å². The van der Waals surface area contributed by atoms with Crippen LogP contribution >= 0.6 is 0 Å². The summed E-state index contributed by atoms with van der Waals surface area (Å²) in [6.07, 6.45) is 0.616. The maximum absolute atomic E-state index is 13.4. The van der Waals surface area contributed by atoms with Crippen LogP contribution in [0.3, 0.4) is 0 Å². The fourth-order valence-electron chi connectivity index (χ4n) is 4.23. The Labute approximate surface area is 199 Å². The second kappa shape index (κ2) is 10.1. The minimum absolute atomic E-state index is 0.0570. The van der Waals surface area contributed by atoms with Gasteiger partial charge in [-0.1, -0.05) is 12.1 Å². The van der Waals surface area contributed by atoms with Gasteiger partial charge in [0, 0.05) is 55.5 Å². The molecule has 8 heteroatoms. The molecule has 4 rings (SSSR count). The average molecular weight is 465 g/mol. The number of hydrogen-bond acceptors (Lipinski definition) is 6. The SMILES string of the molecule is COc1cc(OC)cc(C(=O)N2CCN(c3nc(C)nc(C)c3Cc3ccc(F)cc3)CC2)c1. The van der Waals surface area contributed by atoms with Crippen molar-refractivity contribution in [2.24, 2.45) is 0 Å². The van der Waals surface area contributed by atoms with E-state index < -0.39 is 0 Å². The molecule has 1 aliphatic rings. The van der Waals surface area contributed by atoms with Gasteiger partial charge in [0.25, 0.3) is 5.91 Å². The van der Waals surface area contributed by atoms with Crippen molar-refractivity contribution in [1.29, 1.82) is 0 Å². The van der Waals surface area contributed by atoms with E-state index in [0.29, 0.717) is 55.5 Å². The molecule has 34 heavy (non-hydrogen) atoms. The first kappa shape index (κ1) is 23.5. The number of rotatable bonds is 6. The van der Waals surface area contributed by atoms with E-state index in [1.54, 1.807) is 44.6 Å². The highest BCUT2D eigenvalue weighted by molar-refractivity contribution is 5.95. The number of amides is 1. The highest BCUT2D eigenvalue weighted by Crippen LogP contribution is 2.27. The number of halogens is 1. The van der Waals surface area contributed by atoms with Crippen LogP contribution in [-0.4, -0.2) is 61.2 Å². The molecule has 2 aromatic carbocycles. The van der Waals surface area contributed by atoms with E-state index in [-0.39, 0.29) is 11.7 Å². The quantitative estimate of drug-likeness (QED) is 0.553. The molecule has 178 valence electrons. The zero-order chi connectivity index (χ0) is 24.2. The van der Waals surface area contributed by atoms with Crippen molar-refractivity contribution in [3.05, 3.63) is 76.5 Å². The molecule has 0 atom stereocenters. The minimum atomic E-state index is -0.254. The molecule has 2 heterocycles. The zero-order valence-corrected chi connectivity index (χ0v) is 20.0. The highest BCUT2D eigenvalue weighted by Gasteiger charge is 2.26. The lowest BCUT2D eigenvalue weighted by Crippen LogP contribution is -2.49. The lowest BCUT2D eigenvalue weighted by atomic mass is 10.0. The number of methoxy groups -OCH3 is 2. The Hall–Kier alpha value is -3.68. The van der Waals surface area contributed by atoms with Crippen molar-refractivity contribution in [1.82, 2.24) is 14.9 Å². The van der Waals surface area contributed by atoms with Crippen LogP contribution in [0.25, 0.3) is 0 Å². The third-order valence-electron chi connectivity index (χ3n) is 6.06. The summed E-state index contributed by atoms with van der Waals surface area (Å²) in [5, 5.41) is 0. The summed E-state index contributed by atoms with van der Waals surface area (Å²) in [4.78, 5) is 26.5. The molecule has 0 bridgehead atoms. The highest BCUT2D eigenvalue weighted by atomic mass is 19.1. The molecule has 0 N–H and O–H groups in total. The molecule has 0 radical (unpaired) electrons. The van der Waals surface area contributed by atoms with Gasteiger partial charge in [0.1, 0.15) is 29.0 Å². The number of hydrogen-bond donors (Lipinski definition) is 0. The summed E-state index contributed by atoms with van der Waals surface area (Å²) in [5.41, 5.74) is 3.47. The number of ether oxygens (including phenoxy) is 2. The van der Waals surface area contributed by atoms with E-state index in [9.17, 15) is 9.18 Å². The lowest BCUT2D eigenvalue weighted by Gasteiger charge is -2.36. The van der Waals surface area contributed by atoms with E-state index in [0.717, 1.165) is 22.6 Å². The van der Waals surface area contributed by atoms with Gasteiger partial charge in [0.2, 0.25) is 0 Å². The maximum Gasteiger partial charge on any atom is 0.254 e. The average Bonchev–Trinajstić information content (AvgIpc) is 2.86. The molecule has 7 nitrogen and oxygen atoms in total. The van der Waals surface area contributed by atoms with Gasteiger partial charge in [-0.05, 0) is 43.7 Å². The molecule has 3 aromatic rings. The summed E-state index contributed by atoms with van der Waals surface area (Å²) in [6, 6.07) is 11.7. The Kier molecular flexibility index (Phi) is 6.95. The second-order valence-electron chi connectivity index (χ2n) is 8.34. The first-order valence-electron chi connectivity index (χ1n) is 11.2. The molecule has 0 spiro atoms. The minimum Gasteiger partial charge on any atom is -0.497 e. The van der Waals surface area contributed by atoms with E-state index in [2.05, 4.69) is 9.88 Å². The second-order valence-corrected chi connectivity index (χ2v) is 8.34. The van der Waals surface area contributed by atoms with Gasteiger partial charge in [-0.15, -0.1) is 0 Å². The van der Waals surface area contributed by atoms with Crippen molar-refractivity contribution in [3.63, 3.8) is 0 Å². The smallest absolute Gasteiger partial charge is 0.254 e. The number of piperazine rings is 1. The molecular formula is C26H29FN4O3. The van der Waals surface area contributed by atoms with Crippen LogP contribution in [0.1, 0.15) is 33.0 Å². The monoisotopic (exact) mass is 464 g/mol. The standard InChI is InChI=1S/C26H29FN4O3/c1-17-24(13-19-5-7-21(27)8-6-19)25(29-18(2)28-17)30-9-11-31(12-10-30)26(32)20-14-22(33-3)16-23(15-20)34-4/h5-8,14-16H,9-13H2,1-4H3. The van der Waals surface area contributed by atoms with Crippen LogP contribution in [0.15, 0.2) is 42.5 Å². The molecule has 1 aromatic heterocycles. The number of carbonyl (C=O) groups excluding carboxylic acids is 1. The van der Waals surface area contributed by atoms with Crippen LogP contribution in [-0.2, 0) is 6.42 Å². The first-order valence-corrected chi connectivity index (χ1v) is 11.2. The van der Waals surface area contributed by atoms with E-state index >= 15 is 0 Å². The molecule has 0 unspecified atom stereocenters. The number of anilines is 1. The van der Waals surface area contributed by atoms with Crippen molar-refractivity contribution in [2.45, 2.75) is 20.3 Å². The van der Waals surface area contributed by atoms with Gasteiger partial charge in [-0.3, -0.25) is 4.79 Å². The largest absolute Gasteiger partial charge is 0.497 e. The Balaban J connectivity index is 1.52. The zero-order valence-electron chi connectivity index (χ0n) is 20.0. The van der Waals surface area contributed by atoms with Crippen LogP contribution in [0.2, 0.25) is 0 Å². The van der Waals surface area contributed by atoms with E-state index in [4.69, 9.17) is 14.5 Å². The Morgan fingerprint density at radius 2 is 1.56 bits per heavy atom. The number of carbonyl (C=O) groups is 1. The summed E-state index contributed by atoms with van der Waals surface area (Å²) in [6.45, 7) is 6.30. The normalized spacial score (nSPS) is 13.7. The van der Waals surface area contributed by atoms with Crippen LogP contribution in [0.4, 0.5) is 10.2 Å². The van der Waals surface area contributed by atoms with Crippen molar-refractivity contribution in [2.75, 3.05) is 45.3 Å². The summed E-state index contributed by atoms with van der Waals surface area (Å²) in [7, 11) is 3.13. The predicted molar refractivity (Wildman–Crippen MR) is 128 cm³/mol. The maximum atomic E-state index is 13.4. The van der Waals surface area contributed by atoms with Gasteiger partial charge in [-0.2, -0.15) is 0 Å². The topological polar surface area (TPSA) is 67.8 Å². The molecule has 1 saturated heterocycles. The van der Waals surface area contributed by atoms with Crippen LogP contribution < -0.4 is 14.4 Å². The first-order chi connectivity index (χ1) is 16.4. The lowest BCUT2D eigenvalue weighted by molar-refractivity contribution is 0.0745. The third-order valence-corrected chi connectivity index (χ3v) is 6.06. The van der Waals surface area contributed by atoms with Gasteiger partial charge in [0.05, 0.1) is 14.2 Å². The van der Waals surface area contributed by atoms with Gasteiger partial charge >= 0.3 is 0 Å². The third kappa shape index (κ3) is 5.11. The summed E-state index contributed by atoms with van der Waals surface area (Å²) in [5.74, 6) is 2.44. The number of nitrogens with zero attached hydrogens (tertiary/aromatic N) is 4. The van der Waals surface area contributed by atoms with Gasteiger partial charge in [-0.25, -0.2) is 14.4 Å². The fraction of sp³-hybridized carbons (Fsp3) is 0.346. The van der Waals surface area contributed by atoms with Crippen LogP contribution in [0.5, 0.6) is 11.5 Å². The fourth-order valence-corrected chi connectivity index (χ4v) is 4.23. The van der Waals surface area contributed by atoms with E-state index in [1.807, 2.05) is 18.7 Å². The van der Waals surface area contributed by atoms with E-state index in [1.165, 1.54) is 12.1 Å². The van der Waals surface area contributed by atoms with Crippen molar-refractivity contribution < 1.29 is 18.7 Å². The Bertz CT molecular complexity index is 1150. The Morgan fingerprint density at radius 1 is 0.941 bits per heavy atom. The molecular weight excluding hydrogens is 435 g/mol. The van der Waals surface area contributed by atoms with Crippen LogP contribution in [0, 0.1) is 19.7 Å². The number of aromatic nitrogens is 2. The number of benzene rings is 2. The Morgan fingerprint density at radius 3 is 2.15 bits per heavy atom. The molecule has 0 saturated carbocycles.